The second kappa shape index (κ2) is 8.97. The predicted molar refractivity (Wildman–Crippen MR) is 81.3 cm³/mol. The van der Waals surface area contributed by atoms with E-state index in [2.05, 4.69) is 4.74 Å². The van der Waals surface area contributed by atoms with Crippen LogP contribution in [-0.4, -0.2) is 50.0 Å². The van der Waals surface area contributed by atoms with Crippen LogP contribution < -0.4 is 0 Å². The first-order chi connectivity index (χ1) is 10.9. The Morgan fingerprint density at radius 3 is 2.30 bits per heavy atom. The van der Waals surface area contributed by atoms with Crippen molar-refractivity contribution in [1.82, 2.24) is 0 Å². The number of carbonyl (C=O) groups excluding carboxylic acids is 1. The van der Waals surface area contributed by atoms with Gasteiger partial charge in [-0.15, -0.1) is 0 Å². The molecule has 0 aromatic rings. The van der Waals surface area contributed by atoms with E-state index >= 15 is 0 Å². The lowest BCUT2D eigenvalue weighted by atomic mass is 9.92. The van der Waals surface area contributed by atoms with Gasteiger partial charge < -0.3 is 19.4 Å². The fraction of sp³-hybridized carbons (Fsp3) is 0.733. The molecule has 0 bridgehead atoms. The molecule has 1 rings (SSSR count). The van der Waals surface area contributed by atoms with Gasteiger partial charge in [-0.2, -0.15) is 14.5 Å². The van der Waals surface area contributed by atoms with Crippen LogP contribution in [0.2, 0.25) is 0 Å². The Morgan fingerprint density at radius 2 is 1.78 bits per heavy atom. The number of hydrogen-bond acceptors (Lipinski definition) is 7. The highest BCUT2D eigenvalue weighted by Gasteiger charge is 2.45. The lowest BCUT2D eigenvalue weighted by Gasteiger charge is -2.35. The minimum atomic E-state index is -1.41. The Labute approximate surface area is 136 Å². The molecule has 1 saturated carbocycles. The van der Waals surface area contributed by atoms with Crippen LogP contribution in [-0.2, 0) is 28.8 Å². The third kappa shape index (κ3) is 5.58. The summed E-state index contributed by atoms with van der Waals surface area (Å²) in [6, 6.07) is 0. The summed E-state index contributed by atoms with van der Waals surface area (Å²) in [7, 11) is 4.07. The van der Waals surface area contributed by atoms with Crippen LogP contribution in [0.3, 0.4) is 0 Å². The molecule has 0 amide bonds. The standard InChI is InChI=1S/C15H25NO7/c1-14(20-3,21-4)22-23-15(10-6-5-7-11-15)16(18)12-8-9-13(17)19-2/h8-9,12H,5-7,10-11H2,1-4H3/b9-8-,16-12-. The second-order valence-corrected chi connectivity index (χ2v) is 5.30. The maximum atomic E-state index is 12.5. The number of esters is 1. The van der Waals surface area contributed by atoms with Gasteiger partial charge in [-0.25, -0.2) is 4.79 Å². The van der Waals surface area contributed by atoms with Crippen LogP contribution >= 0.6 is 0 Å². The summed E-state index contributed by atoms with van der Waals surface area (Å²) < 4.78 is 15.2. The van der Waals surface area contributed by atoms with Gasteiger partial charge in [-0.05, 0) is 12.8 Å². The summed E-state index contributed by atoms with van der Waals surface area (Å²) >= 11 is 0. The van der Waals surface area contributed by atoms with Gasteiger partial charge in [-0.1, -0.05) is 6.42 Å². The van der Waals surface area contributed by atoms with Gasteiger partial charge in [0.05, 0.1) is 7.11 Å². The smallest absolute Gasteiger partial charge is 0.330 e. The fourth-order valence-electron chi connectivity index (χ4n) is 2.15. The van der Waals surface area contributed by atoms with E-state index in [-0.39, 0.29) is 0 Å². The average molecular weight is 331 g/mol. The SMILES string of the molecule is COC(=O)/C=C\C=[N+](/[O-])C1(OOC(C)(OC)OC)CCCCC1. The predicted octanol–water partition coefficient (Wildman–Crippen LogP) is 1.87. The van der Waals surface area contributed by atoms with Crippen molar-refractivity contribution in [2.24, 2.45) is 0 Å². The number of hydrogen-bond donors (Lipinski definition) is 0. The lowest BCUT2D eigenvalue weighted by molar-refractivity contribution is -0.686. The van der Waals surface area contributed by atoms with Crippen molar-refractivity contribution in [2.75, 3.05) is 21.3 Å². The molecule has 0 aromatic heterocycles. The third-order valence-corrected chi connectivity index (χ3v) is 3.78. The number of nitrogens with zero attached hydrogens (tertiary/aromatic N) is 1. The van der Waals surface area contributed by atoms with E-state index in [1.54, 1.807) is 0 Å². The maximum Gasteiger partial charge on any atom is 0.330 e. The van der Waals surface area contributed by atoms with E-state index in [0.29, 0.717) is 17.6 Å². The van der Waals surface area contributed by atoms with E-state index in [9.17, 15) is 10.0 Å². The summed E-state index contributed by atoms with van der Waals surface area (Å²) in [5, 5.41) is 12.5. The summed E-state index contributed by atoms with van der Waals surface area (Å²) in [6.07, 6.45) is 7.32. The Morgan fingerprint density at radius 1 is 1.17 bits per heavy atom. The number of carbonyl (C=O) groups is 1. The third-order valence-electron chi connectivity index (χ3n) is 3.78. The van der Waals surface area contributed by atoms with Gasteiger partial charge in [0.25, 0.3) is 0 Å². The molecule has 0 spiro atoms. The molecule has 0 unspecified atom stereocenters. The van der Waals surface area contributed by atoms with Crippen molar-refractivity contribution in [3.8, 4) is 0 Å². The molecule has 132 valence electrons. The molecular formula is C15H25NO7. The summed E-state index contributed by atoms with van der Waals surface area (Å²) in [4.78, 5) is 21.7. The van der Waals surface area contributed by atoms with Crippen LogP contribution in [0, 0.1) is 5.21 Å². The van der Waals surface area contributed by atoms with Gasteiger partial charge in [-0.3, -0.25) is 0 Å². The van der Waals surface area contributed by atoms with Crippen molar-refractivity contribution in [3.63, 3.8) is 0 Å². The van der Waals surface area contributed by atoms with Crippen LogP contribution in [0.4, 0.5) is 0 Å². The largest absolute Gasteiger partial charge is 0.622 e. The van der Waals surface area contributed by atoms with Gasteiger partial charge in [0, 0.05) is 46.1 Å². The molecule has 1 fully saturated rings. The first-order valence-electron chi connectivity index (χ1n) is 7.44. The molecule has 0 N–H and O–H groups in total. The minimum Gasteiger partial charge on any atom is -0.622 e. The Bertz CT molecular complexity index is 437. The topological polar surface area (TPSA) is 89.3 Å². The van der Waals surface area contributed by atoms with Crippen LogP contribution in [0.1, 0.15) is 39.0 Å². The molecule has 0 radical (unpaired) electrons. The number of methoxy groups -OCH3 is 3. The quantitative estimate of drug-likeness (QED) is 0.0980. The summed E-state index contributed by atoms with van der Waals surface area (Å²) in [6.45, 7) is 1.53. The molecule has 0 aromatic carbocycles. The minimum absolute atomic E-state index is 0.489. The molecular weight excluding hydrogens is 306 g/mol. The molecule has 0 aliphatic heterocycles. The van der Waals surface area contributed by atoms with Crippen molar-refractivity contribution in [3.05, 3.63) is 17.4 Å². The molecule has 8 heteroatoms. The highest BCUT2D eigenvalue weighted by Crippen LogP contribution is 2.33. The van der Waals surface area contributed by atoms with Crippen molar-refractivity contribution < 1.29 is 33.5 Å². The first-order valence-corrected chi connectivity index (χ1v) is 7.44. The van der Waals surface area contributed by atoms with E-state index in [0.717, 1.165) is 25.3 Å². The van der Waals surface area contributed by atoms with Crippen molar-refractivity contribution >= 4 is 12.2 Å². The molecule has 0 saturated heterocycles. The monoisotopic (exact) mass is 331 g/mol. The first kappa shape index (κ1) is 19.6. The average Bonchev–Trinajstić information content (AvgIpc) is 2.60. The van der Waals surface area contributed by atoms with Gasteiger partial charge in [0.15, 0.2) is 6.21 Å². The number of ether oxygens (including phenoxy) is 3. The van der Waals surface area contributed by atoms with Gasteiger partial charge in [0.2, 0.25) is 0 Å². The van der Waals surface area contributed by atoms with Crippen LogP contribution in [0.25, 0.3) is 0 Å². The van der Waals surface area contributed by atoms with Crippen LogP contribution in [0.5, 0.6) is 0 Å². The van der Waals surface area contributed by atoms with E-state index in [4.69, 9.17) is 19.2 Å². The summed E-state index contributed by atoms with van der Waals surface area (Å²) in [5.74, 6) is -1.96. The normalized spacial score (nSPS) is 19.0. The van der Waals surface area contributed by atoms with Gasteiger partial charge in [0.1, 0.15) is 0 Å². The Kier molecular flexibility index (Phi) is 7.63. The zero-order valence-electron chi connectivity index (χ0n) is 14.1. The van der Waals surface area contributed by atoms with Crippen molar-refractivity contribution in [1.29, 1.82) is 0 Å². The number of allylic oxidation sites excluding steroid dienone is 1. The van der Waals surface area contributed by atoms with E-state index in [1.165, 1.54) is 40.5 Å². The number of rotatable bonds is 8. The number of hydroxylamine groups is 1. The zero-order valence-corrected chi connectivity index (χ0v) is 14.1. The van der Waals surface area contributed by atoms with E-state index < -0.39 is 17.7 Å². The molecule has 1 aliphatic rings. The molecule has 0 atom stereocenters. The van der Waals surface area contributed by atoms with Crippen LogP contribution in [0.15, 0.2) is 12.2 Å². The fourth-order valence-corrected chi connectivity index (χ4v) is 2.15. The summed E-state index contributed by atoms with van der Waals surface area (Å²) in [5.41, 5.74) is -1.18. The molecule has 8 nitrogen and oxygen atoms in total. The second-order valence-electron chi connectivity index (χ2n) is 5.30. The Balaban J connectivity index is 2.87. The maximum absolute atomic E-state index is 12.5. The molecule has 0 heterocycles. The molecule has 23 heavy (non-hydrogen) atoms. The van der Waals surface area contributed by atoms with Gasteiger partial charge >= 0.3 is 17.7 Å². The highest BCUT2D eigenvalue weighted by atomic mass is 17.3. The lowest BCUT2D eigenvalue weighted by Crippen LogP contribution is -2.47. The Hall–Kier alpha value is -1.48. The highest BCUT2D eigenvalue weighted by molar-refractivity contribution is 5.86. The van der Waals surface area contributed by atoms with E-state index in [1.807, 2.05) is 0 Å². The zero-order chi connectivity index (χ0) is 17.3. The molecule has 1 aliphatic carbocycles. The van der Waals surface area contributed by atoms with Crippen molar-refractivity contribution in [2.45, 2.75) is 50.7 Å².